The minimum absolute atomic E-state index is 0.0200. The van der Waals surface area contributed by atoms with E-state index < -0.39 is 0 Å². The molecule has 1 aromatic carbocycles. The third-order valence-electron chi connectivity index (χ3n) is 2.85. The van der Waals surface area contributed by atoms with Crippen LogP contribution >= 0.6 is 0 Å². The Balaban J connectivity index is 1.75. The molecule has 94 valence electrons. The van der Waals surface area contributed by atoms with E-state index in [1.54, 1.807) is 18.2 Å². The SMILES string of the molecule is C[C@@H]1O[C@H]1C(=O)Nc1ccc2c(c1)NC(=O)CO2. The van der Waals surface area contributed by atoms with E-state index in [2.05, 4.69) is 10.6 Å². The second kappa shape index (κ2) is 3.99. The summed E-state index contributed by atoms with van der Waals surface area (Å²) in [7, 11) is 0. The average Bonchev–Trinajstić information content (AvgIpc) is 3.06. The van der Waals surface area contributed by atoms with Crippen molar-refractivity contribution in [1.82, 2.24) is 0 Å². The molecule has 6 nitrogen and oxygen atoms in total. The van der Waals surface area contributed by atoms with Gasteiger partial charge in [0, 0.05) is 5.69 Å². The maximum Gasteiger partial charge on any atom is 0.262 e. The average molecular weight is 248 g/mol. The van der Waals surface area contributed by atoms with Gasteiger partial charge in [-0.1, -0.05) is 0 Å². The van der Waals surface area contributed by atoms with E-state index in [-0.39, 0.29) is 30.6 Å². The minimum atomic E-state index is -0.369. The fraction of sp³-hybridized carbons (Fsp3) is 0.333. The third-order valence-corrected chi connectivity index (χ3v) is 2.85. The van der Waals surface area contributed by atoms with E-state index in [9.17, 15) is 9.59 Å². The van der Waals surface area contributed by atoms with Crippen LogP contribution in [0.5, 0.6) is 5.75 Å². The predicted octanol–water partition coefficient (Wildman–Crippen LogP) is 0.743. The van der Waals surface area contributed by atoms with Crippen LogP contribution in [0.25, 0.3) is 0 Å². The largest absolute Gasteiger partial charge is 0.482 e. The number of fused-ring (bicyclic) bond motifs is 1. The van der Waals surface area contributed by atoms with Crippen molar-refractivity contribution in [2.45, 2.75) is 19.1 Å². The molecule has 0 aliphatic carbocycles. The van der Waals surface area contributed by atoms with E-state index in [1.807, 2.05) is 6.92 Å². The lowest BCUT2D eigenvalue weighted by atomic mass is 10.2. The van der Waals surface area contributed by atoms with Crippen LogP contribution < -0.4 is 15.4 Å². The van der Waals surface area contributed by atoms with Gasteiger partial charge in [-0.25, -0.2) is 0 Å². The van der Waals surface area contributed by atoms with E-state index >= 15 is 0 Å². The molecule has 2 atom stereocenters. The Kier molecular flexibility index (Phi) is 2.45. The van der Waals surface area contributed by atoms with Gasteiger partial charge >= 0.3 is 0 Å². The summed E-state index contributed by atoms with van der Waals surface area (Å²) in [5, 5.41) is 5.41. The van der Waals surface area contributed by atoms with Crippen molar-refractivity contribution in [3.8, 4) is 5.75 Å². The molecule has 0 saturated carbocycles. The van der Waals surface area contributed by atoms with Crippen molar-refractivity contribution in [2.75, 3.05) is 17.2 Å². The monoisotopic (exact) mass is 248 g/mol. The maximum atomic E-state index is 11.7. The first kappa shape index (κ1) is 11.0. The molecular formula is C12H12N2O4. The summed E-state index contributed by atoms with van der Waals surface area (Å²) in [4.78, 5) is 22.8. The van der Waals surface area contributed by atoms with Crippen LogP contribution in [-0.2, 0) is 14.3 Å². The number of hydrogen-bond donors (Lipinski definition) is 2. The topological polar surface area (TPSA) is 80.0 Å². The van der Waals surface area contributed by atoms with Gasteiger partial charge in [0.2, 0.25) is 0 Å². The van der Waals surface area contributed by atoms with Crippen molar-refractivity contribution in [3.05, 3.63) is 18.2 Å². The normalized spacial score (nSPS) is 24.6. The van der Waals surface area contributed by atoms with E-state index in [0.717, 1.165) is 0 Å². The van der Waals surface area contributed by atoms with Gasteiger partial charge < -0.3 is 20.1 Å². The molecule has 0 aromatic heterocycles. The summed E-state index contributed by atoms with van der Waals surface area (Å²) in [6, 6.07) is 5.10. The number of hydrogen-bond acceptors (Lipinski definition) is 4. The lowest BCUT2D eigenvalue weighted by molar-refractivity contribution is -0.118. The highest BCUT2D eigenvalue weighted by Crippen LogP contribution is 2.31. The molecule has 1 aromatic rings. The molecule has 1 fully saturated rings. The molecule has 2 N–H and O–H groups in total. The maximum absolute atomic E-state index is 11.7. The van der Waals surface area contributed by atoms with Crippen molar-refractivity contribution in [3.63, 3.8) is 0 Å². The Morgan fingerprint density at radius 3 is 3.00 bits per heavy atom. The van der Waals surface area contributed by atoms with Crippen LogP contribution in [0.1, 0.15) is 6.92 Å². The number of benzene rings is 1. The second-order valence-corrected chi connectivity index (χ2v) is 4.30. The van der Waals surface area contributed by atoms with E-state index in [4.69, 9.17) is 9.47 Å². The summed E-state index contributed by atoms with van der Waals surface area (Å²) >= 11 is 0. The highest BCUT2D eigenvalue weighted by atomic mass is 16.6. The van der Waals surface area contributed by atoms with Gasteiger partial charge in [0.1, 0.15) is 5.75 Å². The molecule has 2 amide bonds. The molecule has 0 unspecified atom stereocenters. The van der Waals surface area contributed by atoms with Crippen LogP contribution in [-0.4, -0.2) is 30.6 Å². The van der Waals surface area contributed by atoms with Gasteiger partial charge in [-0.3, -0.25) is 9.59 Å². The van der Waals surface area contributed by atoms with Crippen LogP contribution in [0.4, 0.5) is 11.4 Å². The van der Waals surface area contributed by atoms with Crippen LogP contribution in [0, 0.1) is 0 Å². The minimum Gasteiger partial charge on any atom is -0.482 e. The molecule has 2 aliphatic rings. The van der Waals surface area contributed by atoms with Crippen molar-refractivity contribution in [2.24, 2.45) is 0 Å². The number of amides is 2. The number of nitrogens with one attached hydrogen (secondary N) is 2. The quantitative estimate of drug-likeness (QED) is 0.757. The highest BCUT2D eigenvalue weighted by Gasteiger charge is 2.41. The smallest absolute Gasteiger partial charge is 0.262 e. The molecule has 0 radical (unpaired) electrons. The zero-order valence-electron chi connectivity index (χ0n) is 9.73. The second-order valence-electron chi connectivity index (χ2n) is 4.30. The van der Waals surface area contributed by atoms with Gasteiger partial charge in [0.25, 0.3) is 11.8 Å². The number of rotatable bonds is 2. The first-order valence-corrected chi connectivity index (χ1v) is 5.66. The third kappa shape index (κ3) is 2.02. The first-order chi connectivity index (χ1) is 8.63. The van der Waals surface area contributed by atoms with Gasteiger partial charge in [-0.05, 0) is 25.1 Å². The predicted molar refractivity (Wildman–Crippen MR) is 63.5 cm³/mol. The molecular weight excluding hydrogens is 236 g/mol. The fourth-order valence-electron chi connectivity index (χ4n) is 1.84. The Hall–Kier alpha value is -2.08. The molecule has 18 heavy (non-hydrogen) atoms. The zero-order valence-corrected chi connectivity index (χ0v) is 9.73. The number of epoxide rings is 1. The molecule has 2 aliphatic heterocycles. The van der Waals surface area contributed by atoms with Crippen LogP contribution in [0.3, 0.4) is 0 Å². The van der Waals surface area contributed by atoms with Crippen LogP contribution in [0.15, 0.2) is 18.2 Å². The molecule has 3 rings (SSSR count). The molecule has 0 spiro atoms. The lowest BCUT2D eigenvalue weighted by Crippen LogP contribution is -2.25. The number of ether oxygens (including phenoxy) is 2. The van der Waals surface area contributed by atoms with Gasteiger partial charge in [-0.15, -0.1) is 0 Å². The van der Waals surface area contributed by atoms with Gasteiger partial charge in [0.05, 0.1) is 11.8 Å². The van der Waals surface area contributed by atoms with Gasteiger partial charge in [0.15, 0.2) is 12.7 Å². The van der Waals surface area contributed by atoms with E-state index in [1.165, 1.54) is 0 Å². The Morgan fingerprint density at radius 1 is 1.50 bits per heavy atom. The standard InChI is InChI=1S/C12H12N2O4/c1-6-11(18-6)12(16)13-7-2-3-9-8(4-7)14-10(15)5-17-9/h2-4,6,11H,5H2,1H3,(H,13,16)(H,14,15)/t6-,11+/m0/s1. The van der Waals surface area contributed by atoms with Crippen molar-refractivity contribution < 1.29 is 19.1 Å². The molecule has 6 heteroatoms. The Labute approximate surface area is 103 Å². The molecule has 0 bridgehead atoms. The summed E-state index contributed by atoms with van der Waals surface area (Å²) < 4.78 is 10.3. The van der Waals surface area contributed by atoms with E-state index in [0.29, 0.717) is 17.1 Å². The summed E-state index contributed by atoms with van der Waals surface area (Å²) in [5.41, 5.74) is 1.17. The molecule has 1 saturated heterocycles. The summed E-state index contributed by atoms with van der Waals surface area (Å²) in [6.07, 6.45) is -0.391. The van der Waals surface area contributed by atoms with Gasteiger partial charge in [-0.2, -0.15) is 0 Å². The number of carbonyl (C=O) groups excluding carboxylic acids is 2. The first-order valence-electron chi connectivity index (χ1n) is 5.66. The Bertz CT molecular complexity index is 529. The summed E-state index contributed by atoms with van der Waals surface area (Å²) in [6.45, 7) is 1.86. The number of anilines is 2. The zero-order chi connectivity index (χ0) is 12.7. The highest BCUT2D eigenvalue weighted by molar-refractivity contribution is 5.99. The molecule has 2 heterocycles. The van der Waals surface area contributed by atoms with Crippen LogP contribution in [0.2, 0.25) is 0 Å². The Morgan fingerprint density at radius 2 is 2.28 bits per heavy atom. The lowest BCUT2D eigenvalue weighted by Gasteiger charge is -2.18. The van der Waals surface area contributed by atoms with Crippen molar-refractivity contribution >= 4 is 23.2 Å². The number of carbonyl (C=O) groups is 2. The summed E-state index contributed by atoms with van der Waals surface area (Å²) in [5.74, 6) is 0.222. The fourth-order valence-corrected chi connectivity index (χ4v) is 1.84. The van der Waals surface area contributed by atoms with Crippen molar-refractivity contribution in [1.29, 1.82) is 0 Å².